The zero-order valence-electron chi connectivity index (χ0n) is 22.1. The quantitative estimate of drug-likeness (QED) is 0.190. The summed E-state index contributed by atoms with van der Waals surface area (Å²) in [5, 5.41) is 4.05. The third-order valence-corrected chi connectivity index (χ3v) is 7.43. The van der Waals surface area contributed by atoms with Crippen LogP contribution in [0.5, 0.6) is 0 Å². The van der Waals surface area contributed by atoms with Gasteiger partial charge in [-0.15, -0.1) is 0 Å². The highest BCUT2D eigenvalue weighted by Crippen LogP contribution is 2.41. The molecule has 0 saturated carbocycles. The molecule has 5 heteroatoms. The molecule has 1 aliphatic rings. The fourth-order valence-corrected chi connectivity index (χ4v) is 5.42. The minimum absolute atomic E-state index is 0.153. The summed E-state index contributed by atoms with van der Waals surface area (Å²) >= 11 is 0. The monoisotopic (exact) mass is 504 g/mol. The average Bonchev–Trinajstić information content (AvgIpc) is 3.20. The van der Waals surface area contributed by atoms with Crippen molar-refractivity contribution in [2.45, 2.75) is 39.8 Å². The molecule has 0 fully saturated rings. The Bertz CT molecular complexity index is 1610. The molecule has 4 aromatic rings. The zero-order valence-corrected chi connectivity index (χ0v) is 22.1. The number of carbonyl (C=O) groups is 2. The summed E-state index contributed by atoms with van der Waals surface area (Å²) < 4.78 is 7.67. The Morgan fingerprint density at radius 1 is 1.08 bits per heavy atom. The van der Waals surface area contributed by atoms with E-state index in [4.69, 9.17) is 4.74 Å². The number of aromatic nitrogens is 1. The number of nitrogens with one attached hydrogen (secondary N) is 1. The second-order valence-corrected chi connectivity index (χ2v) is 9.64. The van der Waals surface area contributed by atoms with Crippen molar-refractivity contribution in [3.63, 3.8) is 0 Å². The van der Waals surface area contributed by atoms with Gasteiger partial charge in [0.05, 0.1) is 23.9 Å². The summed E-state index contributed by atoms with van der Waals surface area (Å²) in [6, 6.07) is 19.9. The number of esters is 1. The van der Waals surface area contributed by atoms with Crippen molar-refractivity contribution < 1.29 is 14.3 Å². The first kappa shape index (κ1) is 25.3. The SMILES string of the molecule is C=CC(=C)C(CC)NC(=O)c1ccc2c(c1)c(C)c1n2Cc2ccccc2-c2ccc(C(=O)OCC)c-1c2. The minimum atomic E-state index is -0.341. The molecule has 38 heavy (non-hydrogen) atoms. The first-order valence-corrected chi connectivity index (χ1v) is 13.0. The van der Waals surface area contributed by atoms with Gasteiger partial charge < -0.3 is 14.6 Å². The Morgan fingerprint density at radius 3 is 2.61 bits per heavy atom. The maximum Gasteiger partial charge on any atom is 0.338 e. The largest absolute Gasteiger partial charge is 0.462 e. The summed E-state index contributed by atoms with van der Waals surface area (Å²) in [7, 11) is 0. The number of amides is 1. The maximum atomic E-state index is 13.2. The molecule has 3 aromatic carbocycles. The highest BCUT2D eigenvalue weighted by Gasteiger charge is 2.26. The minimum Gasteiger partial charge on any atom is -0.462 e. The van der Waals surface area contributed by atoms with E-state index in [0.717, 1.165) is 50.8 Å². The molecule has 0 spiro atoms. The van der Waals surface area contributed by atoms with Crippen molar-refractivity contribution in [3.8, 4) is 22.4 Å². The molecule has 1 aromatic heterocycles. The van der Waals surface area contributed by atoms with E-state index in [9.17, 15) is 9.59 Å². The molecule has 0 aliphatic carbocycles. The maximum absolute atomic E-state index is 13.2. The molecule has 2 bridgehead atoms. The van der Waals surface area contributed by atoms with Gasteiger partial charge in [0, 0.05) is 28.6 Å². The van der Waals surface area contributed by atoms with Gasteiger partial charge in [0.25, 0.3) is 5.91 Å². The number of benzene rings is 3. The standard InChI is InChI=1S/C33H32N2O3/c1-6-20(4)29(7-2)34-32(36)23-14-16-30-27(18-23)21(5)31-28-17-22(13-15-26(28)33(37)38-8-3)25-12-10-9-11-24(25)19-35(30)31/h6,9-18,29H,1,4,7-8,19H2,2-3,5H3,(H,34,36). The molecule has 0 saturated heterocycles. The van der Waals surface area contributed by atoms with Crippen LogP contribution in [0.15, 0.2) is 85.5 Å². The Balaban J connectivity index is 1.70. The van der Waals surface area contributed by atoms with Gasteiger partial charge in [0.15, 0.2) is 0 Å². The second kappa shape index (κ2) is 10.2. The normalized spacial score (nSPS) is 12.5. The number of carbonyl (C=O) groups excluding carboxylic acids is 2. The molecule has 1 atom stereocenters. The van der Waals surface area contributed by atoms with Crippen LogP contribution in [0.2, 0.25) is 0 Å². The smallest absolute Gasteiger partial charge is 0.338 e. The van der Waals surface area contributed by atoms with Crippen molar-refractivity contribution in [2.24, 2.45) is 0 Å². The van der Waals surface area contributed by atoms with E-state index in [1.165, 1.54) is 5.56 Å². The lowest BCUT2D eigenvalue weighted by Crippen LogP contribution is -2.35. The van der Waals surface area contributed by atoms with E-state index in [-0.39, 0.29) is 17.9 Å². The Morgan fingerprint density at radius 2 is 1.87 bits per heavy atom. The van der Waals surface area contributed by atoms with E-state index < -0.39 is 0 Å². The molecule has 1 aliphatic heterocycles. The molecule has 2 heterocycles. The number of aryl methyl sites for hydroxylation is 1. The van der Waals surface area contributed by atoms with Crippen LogP contribution in [0, 0.1) is 6.92 Å². The number of rotatable bonds is 7. The van der Waals surface area contributed by atoms with E-state index in [1.54, 1.807) is 6.08 Å². The lowest BCUT2D eigenvalue weighted by atomic mass is 9.91. The topological polar surface area (TPSA) is 60.3 Å². The van der Waals surface area contributed by atoms with Gasteiger partial charge in [-0.3, -0.25) is 4.79 Å². The van der Waals surface area contributed by atoms with Gasteiger partial charge in [-0.1, -0.05) is 56.5 Å². The Hall–Kier alpha value is -4.38. The number of ether oxygens (including phenoxy) is 1. The fraction of sp³-hybridized carbons (Fsp3) is 0.212. The van der Waals surface area contributed by atoms with E-state index in [2.05, 4.69) is 54.2 Å². The predicted octanol–water partition coefficient (Wildman–Crippen LogP) is 7.07. The summed E-state index contributed by atoms with van der Waals surface area (Å²) in [4.78, 5) is 26.2. The van der Waals surface area contributed by atoms with Gasteiger partial charge in [-0.2, -0.15) is 0 Å². The number of hydrogen-bond donors (Lipinski definition) is 1. The summed E-state index contributed by atoms with van der Waals surface area (Å²) in [6.07, 6.45) is 2.41. The van der Waals surface area contributed by atoms with Crippen LogP contribution >= 0.6 is 0 Å². The number of nitrogens with zero attached hydrogens (tertiary/aromatic N) is 1. The van der Waals surface area contributed by atoms with Gasteiger partial charge in [-0.05, 0) is 78.4 Å². The van der Waals surface area contributed by atoms with Crippen LogP contribution in [0.1, 0.15) is 52.1 Å². The number of fused-ring (bicyclic) bond motifs is 8. The molecule has 1 N–H and O–H groups in total. The van der Waals surface area contributed by atoms with Crippen molar-refractivity contribution in [2.75, 3.05) is 6.61 Å². The van der Waals surface area contributed by atoms with Gasteiger partial charge in [-0.25, -0.2) is 4.79 Å². The molecule has 5 rings (SSSR count). The first-order valence-electron chi connectivity index (χ1n) is 13.0. The molecule has 0 radical (unpaired) electrons. The fourth-order valence-electron chi connectivity index (χ4n) is 5.42. The highest BCUT2D eigenvalue weighted by molar-refractivity contribution is 6.04. The number of hydrogen-bond acceptors (Lipinski definition) is 3. The van der Waals surface area contributed by atoms with E-state index >= 15 is 0 Å². The summed E-state index contributed by atoms with van der Waals surface area (Å²) in [5.41, 5.74) is 9.11. The lowest BCUT2D eigenvalue weighted by Gasteiger charge is -2.21. The van der Waals surface area contributed by atoms with E-state index in [1.807, 2.05) is 50.2 Å². The Labute approximate surface area is 223 Å². The van der Waals surface area contributed by atoms with Crippen molar-refractivity contribution in [1.82, 2.24) is 9.88 Å². The molecule has 1 amide bonds. The van der Waals surface area contributed by atoms with Gasteiger partial charge in [0.2, 0.25) is 0 Å². The summed E-state index contributed by atoms with van der Waals surface area (Å²) in [6.45, 7) is 14.6. The molecule has 192 valence electrons. The molecular weight excluding hydrogens is 472 g/mol. The first-order chi connectivity index (χ1) is 18.4. The van der Waals surface area contributed by atoms with Crippen LogP contribution in [-0.2, 0) is 11.3 Å². The van der Waals surface area contributed by atoms with Crippen LogP contribution in [0.3, 0.4) is 0 Å². The van der Waals surface area contributed by atoms with Crippen LogP contribution in [-0.4, -0.2) is 29.1 Å². The predicted molar refractivity (Wildman–Crippen MR) is 153 cm³/mol. The van der Waals surface area contributed by atoms with Crippen LogP contribution in [0.4, 0.5) is 0 Å². The van der Waals surface area contributed by atoms with E-state index in [0.29, 0.717) is 24.3 Å². The second-order valence-electron chi connectivity index (χ2n) is 9.64. The molecule has 5 nitrogen and oxygen atoms in total. The van der Waals surface area contributed by atoms with Gasteiger partial charge in [0.1, 0.15) is 0 Å². The average molecular weight is 505 g/mol. The van der Waals surface area contributed by atoms with Crippen molar-refractivity contribution >= 4 is 22.8 Å². The zero-order chi connectivity index (χ0) is 27.0. The van der Waals surface area contributed by atoms with Crippen molar-refractivity contribution in [3.05, 3.63) is 108 Å². The van der Waals surface area contributed by atoms with Crippen LogP contribution in [0.25, 0.3) is 33.3 Å². The highest BCUT2D eigenvalue weighted by atomic mass is 16.5. The summed E-state index contributed by atoms with van der Waals surface area (Å²) in [5.74, 6) is -0.494. The van der Waals surface area contributed by atoms with Crippen molar-refractivity contribution in [1.29, 1.82) is 0 Å². The Kier molecular flexibility index (Phi) is 6.77. The third-order valence-electron chi connectivity index (χ3n) is 7.43. The molecular formula is C33H32N2O3. The van der Waals surface area contributed by atoms with Gasteiger partial charge >= 0.3 is 5.97 Å². The molecule has 1 unspecified atom stereocenters. The van der Waals surface area contributed by atoms with Crippen LogP contribution < -0.4 is 5.32 Å². The third kappa shape index (κ3) is 4.24. The lowest BCUT2D eigenvalue weighted by molar-refractivity contribution is 0.0527.